The Hall–Kier alpha value is -0.930. The second-order valence-corrected chi connectivity index (χ2v) is 3.66. The Balaban J connectivity index is 2.25. The summed E-state index contributed by atoms with van der Waals surface area (Å²) in [5.41, 5.74) is 7.32. The summed E-state index contributed by atoms with van der Waals surface area (Å²) in [7, 11) is 2.12. The fourth-order valence-electron chi connectivity index (χ4n) is 2.04. The zero-order valence-electron chi connectivity index (χ0n) is 7.85. The number of likely N-dealkylation sites (N-methyl/N-ethyl adjacent to an activating group) is 1. The Bertz CT molecular complexity index is 263. The number of aromatic nitrogens is 1. The molecular formula is C10H15N3. The van der Waals surface area contributed by atoms with Crippen LogP contribution in [0.2, 0.25) is 0 Å². The number of rotatable bonds is 1. The van der Waals surface area contributed by atoms with Gasteiger partial charge in [-0.05, 0) is 31.2 Å². The number of nitrogens with zero attached hydrogens (tertiary/aromatic N) is 2. The van der Waals surface area contributed by atoms with Gasteiger partial charge in [0.1, 0.15) is 0 Å². The molecule has 2 unspecified atom stereocenters. The van der Waals surface area contributed by atoms with Gasteiger partial charge in [0.25, 0.3) is 0 Å². The predicted molar refractivity (Wildman–Crippen MR) is 52.2 cm³/mol. The first-order chi connectivity index (χ1) is 6.29. The number of hydrogen-bond donors (Lipinski definition) is 1. The molecule has 0 aromatic carbocycles. The minimum atomic E-state index is 0.271. The highest BCUT2D eigenvalue weighted by Gasteiger charge is 2.29. The lowest BCUT2D eigenvalue weighted by molar-refractivity contribution is 0.304. The summed E-state index contributed by atoms with van der Waals surface area (Å²) in [6.45, 7) is 1.09. The van der Waals surface area contributed by atoms with Crippen LogP contribution in [0.5, 0.6) is 0 Å². The average Bonchev–Trinajstić information content (AvgIpc) is 2.48. The Morgan fingerprint density at radius 1 is 1.46 bits per heavy atom. The van der Waals surface area contributed by atoms with E-state index in [0.717, 1.165) is 13.0 Å². The van der Waals surface area contributed by atoms with Gasteiger partial charge in [-0.3, -0.25) is 9.88 Å². The van der Waals surface area contributed by atoms with E-state index in [1.165, 1.54) is 5.56 Å². The molecule has 3 heteroatoms. The summed E-state index contributed by atoms with van der Waals surface area (Å²) in [6, 6.07) is 4.74. The van der Waals surface area contributed by atoms with Crippen molar-refractivity contribution >= 4 is 0 Å². The number of nitrogens with two attached hydrogens (primary N) is 1. The van der Waals surface area contributed by atoms with E-state index in [4.69, 9.17) is 5.73 Å². The van der Waals surface area contributed by atoms with Crippen molar-refractivity contribution in [3.8, 4) is 0 Å². The molecule has 13 heavy (non-hydrogen) atoms. The molecule has 3 nitrogen and oxygen atoms in total. The maximum atomic E-state index is 6.04. The van der Waals surface area contributed by atoms with Crippen LogP contribution in [-0.2, 0) is 0 Å². The van der Waals surface area contributed by atoms with Crippen LogP contribution in [0.3, 0.4) is 0 Å². The number of hydrogen-bond acceptors (Lipinski definition) is 3. The fraction of sp³-hybridized carbons (Fsp3) is 0.500. The molecular weight excluding hydrogens is 162 g/mol. The first-order valence-electron chi connectivity index (χ1n) is 4.65. The van der Waals surface area contributed by atoms with Gasteiger partial charge < -0.3 is 5.73 Å². The minimum Gasteiger partial charge on any atom is -0.326 e. The zero-order valence-corrected chi connectivity index (χ0v) is 7.85. The minimum absolute atomic E-state index is 0.271. The van der Waals surface area contributed by atoms with Crippen molar-refractivity contribution in [1.82, 2.24) is 9.88 Å². The van der Waals surface area contributed by atoms with Gasteiger partial charge in [0.2, 0.25) is 0 Å². The summed E-state index contributed by atoms with van der Waals surface area (Å²) in [5.74, 6) is 0. The van der Waals surface area contributed by atoms with E-state index < -0.39 is 0 Å². The predicted octanol–water partition coefficient (Wildman–Crippen LogP) is 0.785. The molecule has 1 aliphatic rings. The van der Waals surface area contributed by atoms with E-state index in [1.54, 1.807) is 0 Å². The highest BCUT2D eigenvalue weighted by Crippen LogP contribution is 2.28. The van der Waals surface area contributed by atoms with E-state index in [1.807, 2.05) is 24.5 Å². The highest BCUT2D eigenvalue weighted by atomic mass is 15.2. The van der Waals surface area contributed by atoms with Crippen LogP contribution < -0.4 is 5.73 Å². The third kappa shape index (κ3) is 1.57. The van der Waals surface area contributed by atoms with Gasteiger partial charge in [0, 0.05) is 31.0 Å². The summed E-state index contributed by atoms with van der Waals surface area (Å²) in [4.78, 5) is 6.31. The molecule has 2 rings (SSSR count). The van der Waals surface area contributed by atoms with E-state index in [0.29, 0.717) is 6.04 Å². The third-order valence-corrected chi connectivity index (χ3v) is 2.74. The van der Waals surface area contributed by atoms with Gasteiger partial charge in [-0.2, -0.15) is 0 Å². The molecule has 1 fully saturated rings. The van der Waals surface area contributed by atoms with Gasteiger partial charge in [-0.25, -0.2) is 0 Å². The van der Waals surface area contributed by atoms with Crippen molar-refractivity contribution in [2.24, 2.45) is 5.73 Å². The van der Waals surface area contributed by atoms with Crippen molar-refractivity contribution in [3.63, 3.8) is 0 Å². The fourth-order valence-corrected chi connectivity index (χ4v) is 2.04. The van der Waals surface area contributed by atoms with Crippen molar-refractivity contribution in [1.29, 1.82) is 0 Å². The van der Waals surface area contributed by atoms with Gasteiger partial charge in [-0.1, -0.05) is 0 Å². The molecule has 2 N–H and O–H groups in total. The highest BCUT2D eigenvalue weighted by molar-refractivity contribution is 5.18. The maximum Gasteiger partial charge on any atom is 0.0497 e. The quantitative estimate of drug-likeness (QED) is 0.689. The molecule has 2 heterocycles. The largest absolute Gasteiger partial charge is 0.326 e. The van der Waals surface area contributed by atoms with E-state index in [9.17, 15) is 0 Å². The molecule has 0 radical (unpaired) electrons. The van der Waals surface area contributed by atoms with Crippen molar-refractivity contribution in [3.05, 3.63) is 30.1 Å². The van der Waals surface area contributed by atoms with Crippen LogP contribution >= 0.6 is 0 Å². The average molecular weight is 177 g/mol. The second-order valence-electron chi connectivity index (χ2n) is 3.66. The van der Waals surface area contributed by atoms with Crippen LogP contribution in [0.4, 0.5) is 0 Å². The molecule has 2 atom stereocenters. The van der Waals surface area contributed by atoms with Crippen LogP contribution in [0, 0.1) is 0 Å². The first kappa shape index (κ1) is 8.66. The van der Waals surface area contributed by atoms with Crippen molar-refractivity contribution in [2.75, 3.05) is 13.6 Å². The molecule has 1 aromatic rings. The summed E-state index contributed by atoms with van der Waals surface area (Å²) < 4.78 is 0. The maximum absolute atomic E-state index is 6.04. The molecule has 70 valence electrons. The lowest BCUT2D eigenvalue weighted by atomic mass is 10.0. The Morgan fingerprint density at radius 3 is 2.69 bits per heavy atom. The van der Waals surface area contributed by atoms with Gasteiger partial charge in [0.05, 0.1) is 0 Å². The second kappa shape index (κ2) is 3.44. The molecule has 0 bridgehead atoms. The van der Waals surface area contributed by atoms with Crippen LogP contribution in [0.25, 0.3) is 0 Å². The van der Waals surface area contributed by atoms with Gasteiger partial charge in [0.15, 0.2) is 0 Å². The molecule has 0 aliphatic carbocycles. The third-order valence-electron chi connectivity index (χ3n) is 2.74. The van der Waals surface area contributed by atoms with Crippen molar-refractivity contribution in [2.45, 2.75) is 18.5 Å². The summed E-state index contributed by atoms with van der Waals surface area (Å²) in [5, 5.41) is 0. The monoisotopic (exact) mass is 177 g/mol. The zero-order chi connectivity index (χ0) is 9.26. The first-order valence-corrected chi connectivity index (χ1v) is 4.65. The van der Waals surface area contributed by atoms with Crippen LogP contribution in [0.15, 0.2) is 24.5 Å². The Kier molecular flexibility index (Phi) is 2.29. The molecule has 1 aromatic heterocycles. The standard InChI is InChI=1S/C10H15N3/c1-13-7-4-9(11)10(13)8-2-5-12-6-3-8/h2-3,5-6,9-10H,4,7,11H2,1H3. The lowest BCUT2D eigenvalue weighted by Gasteiger charge is -2.22. The summed E-state index contributed by atoms with van der Waals surface area (Å²) in [6.07, 6.45) is 4.74. The topological polar surface area (TPSA) is 42.1 Å². The lowest BCUT2D eigenvalue weighted by Crippen LogP contribution is -2.29. The van der Waals surface area contributed by atoms with Crippen LogP contribution in [0.1, 0.15) is 18.0 Å². The van der Waals surface area contributed by atoms with Crippen molar-refractivity contribution < 1.29 is 0 Å². The van der Waals surface area contributed by atoms with E-state index >= 15 is 0 Å². The summed E-state index contributed by atoms with van der Waals surface area (Å²) >= 11 is 0. The van der Waals surface area contributed by atoms with Crippen LogP contribution in [-0.4, -0.2) is 29.5 Å². The molecule has 1 saturated heterocycles. The number of likely N-dealkylation sites (tertiary alicyclic amines) is 1. The number of pyridine rings is 1. The SMILES string of the molecule is CN1CCC(N)C1c1ccncc1. The van der Waals surface area contributed by atoms with Gasteiger partial charge >= 0.3 is 0 Å². The normalized spacial score (nSPS) is 29.4. The Morgan fingerprint density at radius 2 is 2.15 bits per heavy atom. The molecule has 0 amide bonds. The molecule has 1 aliphatic heterocycles. The molecule has 0 spiro atoms. The Labute approximate surface area is 78.6 Å². The molecule has 0 saturated carbocycles. The van der Waals surface area contributed by atoms with E-state index in [-0.39, 0.29) is 6.04 Å². The smallest absolute Gasteiger partial charge is 0.0497 e. The van der Waals surface area contributed by atoms with Gasteiger partial charge in [-0.15, -0.1) is 0 Å². The van der Waals surface area contributed by atoms with E-state index in [2.05, 4.69) is 16.9 Å².